The number of benzene rings is 1. The van der Waals surface area contributed by atoms with Crippen molar-refractivity contribution in [2.75, 3.05) is 7.11 Å². The summed E-state index contributed by atoms with van der Waals surface area (Å²) in [7, 11) is 1.42. The molecule has 1 aromatic carbocycles. The van der Waals surface area contributed by atoms with Crippen molar-refractivity contribution in [2.24, 2.45) is 0 Å². The van der Waals surface area contributed by atoms with E-state index < -0.39 is 10.9 Å². The fourth-order valence-electron chi connectivity index (χ4n) is 2.76. The second-order valence-corrected chi connectivity index (χ2v) is 6.58. The van der Waals surface area contributed by atoms with Crippen molar-refractivity contribution in [1.82, 2.24) is 14.8 Å². The number of aryl methyl sites for hydroxylation is 2. The lowest BCUT2D eigenvalue weighted by Crippen LogP contribution is -2.12. The van der Waals surface area contributed by atoms with E-state index in [1.54, 1.807) is 10.7 Å². The fraction of sp³-hybridized carbons (Fsp3) is 0.211. The first kappa shape index (κ1) is 20.3. The maximum atomic E-state index is 12.6. The smallest absolute Gasteiger partial charge is 0.358 e. The Kier molecular flexibility index (Phi) is 5.79. The molecule has 0 spiro atoms. The standard InChI is InChI=1S/C19H17ClN4O5/c1-11-8-12(2)23(22-11)17-7-5-15(20)18(21-17)19(25)29-10-13-9-14(24(26)27)4-6-16(13)28-3/h4-9H,10H2,1-3H3. The Labute approximate surface area is 171 Å². The number of non-ortho nitro benzene ring substituents is 1. The first-order chi connectivity index (χ1) is 13.8. The summed E-state index contributed by atoms with van der Waals surface area (Å²) in [6.07, 6.45) is 0. The quantitative estimate of drug-likeness (QED) is 0.341. The number of ether oxygens (including phenoxy) is 2. The molecule has 0 aliphatic rings. The lowest BCUT2D eigenvalue weighted by Gasteiger charge is -2.11. The van der Waals surface area contributed by atoms with Gasteiger partial charge in [0.2, 0.25) is 0 Å². The van der Waals surface area contributed by atoms with E-state index >= 15 is 0 Å². The van der Waals surface area contributed by atoms with Gasteiger partial charge in [-0.1, -0.05) is 11.6 Å². The van der Waals surface area contributed by atoms with Gasteiger partial charge in [-0.3, -0.25) is 10.1 Å². The van der Waals surface area contributed by atoms with Gasteiger partial charge in [0, 0.05) is 23.4 Å². The van der Waals surface area contributed by atoms with E-state index in [0.717, 1.165) is 11.4 Å². The molecule has 29 heavy (non-hydrogen) atoms. The number of rotatable bonds is 6. The van der Waals surface area contributed by atoms with Crippen LogP contribution in [0.4, 0.5) is 5.69 Å². The van der Waals surface area contributed by atoms with E-state index in [0.29, 0.717) is 17.1 Å². The molecule has 0 unspecified atom stereocenters. The van der Waals surface area contributed by atoms with Crippen LogP contribution < -0.4 is 4.74 Å². The Morgan fingerprint density at radius 2 is 2.00 bits per heavy atom. The SMILES string of the molecule is COc1ccc([N+](=O)[O-])cc1COC(=O)c1nc(-n2nc(C)cc2C)ccc1Cl. The highest BCUT2D eigenvalue weighted by Gasteiger charge is 2.19. The third-order valence-electron chi connectivity index (χ3n) is 4.08. The summed E-state index contributed by atoms with van der Waals surface area (Å²) in [6.45, 7) is 3.47. The number of esters is 1. The zero-order chi connectivity index (χ0) is 21.1. The van der Waals surface area contributed by atoms with Crippen LogP contribution in [-0.4, -0.2) is 32.8 Å². The minimum Gasteiger partial charge on any atom is -0.496 e. The van der Waals surface area contributed by atoms with Crippen molar-refractivity contribution in [3.05, 3.63) is 74.2 Å². The average molecular weight is 417 g/mol. The van der Waals surface area contributed by atoms with Gasteiger partial charge in [-0.15, -0.1) is 0 Å². The van der Waals surface area contributed by atoms with E-state index in [4.69, 9.17) is 21.1 Å². The summed E-state index contributed by atoms with van der Waals surface area (Å²) < 4.78 is 12.0. The Balaban J connectivity index is 1.85. The fourth-order valence-corrected chi connectivity index (χ4v) is 2.94. The lowest BCUT2D eigenvalue weighted by molar-refractivity contribution is -0.385. The minimum atomic E-state index is -0.771. The number of nitrogens with zero attached hydrogens (tertiary/aromatic N) is 4. The molecule has 0 atom stereocenters. The van der Waals surface area contributed by atoms with Crippen molar-refractivity contribution in [3.8, 4) is 11.6 Å². The van der Waals surface area contributed by atoms with E-state index in [1.807, 2.05) is 19.9 Å². The highest BCUT2D eigenvalue weighted by atomic mass is 35.5. The summed E-state index contributed by atoms with van der Waals surface area (Å²) in [5, 5.41) is 15.4. The van der Waals surface area contributed by atoms with Crippen LogP contribution in [-0.2, 0) is 11.3 Å². The molecule has 0 bridgehead atoms. The normalized spacial score (nSPS) is 10.6. The predicted molar refractivity (Wildman–Crippen MR) is 105 cm³/mol. The molecule has 10 heteroatoms. The number of halogens is 1. The number of pyridine rings is 1. The molecule has 0 aliphatic heterocycles. The molecule has 2 heterocycles. The molecule has 3 aromatic rings. The number of methoxy groups -OCH3 is 1. The molecule has 0 saturated carbocycles. The second kappa shape index (κ2) is 8.27. The van der Waals surface area contributed by atoms with Gasteiger partial charge in [-0.25, -0.2) is 14.5 Å². The lowest BCUT2D eigenvalue weighted by atomic mass is 10.2. The van der Waals surface area contributed by atoms with Crippen LogP contribution in [0.1, 0.15) is 27.4 Å². The monoisotopic (exact) mass is 416 g/mol. The molecule has 0 amide bonds. The number of hydrogen-bond donors (Lipinski definition) is 0. The molecule has 9 nitrogen and oxygen atoms in total. The minimum absolute atomic E-state index is 0.0823. The van der Waals surface area contributed by atoms with Crippen molar-refractivity contribution in [3.63, 3.8) is 0 Å². The van der Waals surface area contributed by atoms with Gasteiger partial charge >= 0.3 is 5.97 Å². The van der Waals surface area contributed by atoms with Crippen LogP contribution in [0.25, 0.3) is 5.82 Å². The molecule has 0 N–H and O–H groups in total. The summed E-state index contributed by atoms with van der Waals surface area (Å²) in [5.41, 5.74) is 1.78. The Bertz CT molecular complexity index is 1100. The van der Waals surface area contributed by atoms with Crippen molar-refractivity contribution < 1.29 is 19.2 Å². The van der Waals surface area contributed by atoms with Crippen molar-refractivity contribution >= 4 is 23.3 Å². The van der Waals surface area contributed by atoms with E-state index in [1.165, 1.54) is 31.4 Å². The van der Waals surface area contributed by atoms with Gasteiger partial charge in [0.15, 0.2) is 11.5 Å². The Hall–Kier alpha value is -3.46. The first-order valence-corrected chi connectivity index (χ1v) is 8.86. The third-order valence-corrected chi connectivity index (χ3v) is 4.39. The van der Waals surface area contributed by atoms with Crippen LogP contribution in [0.2, 0.25) is 5.02 Å². The van der Waals surface area contributed by atoms with E-state index in [9.17, 15) is 14.9 Å². The van der Waals surface area contributed by atoms with E-state index in [-0.39, 0.29) is 23.0 Å². The van der Waals surface area contributed by atoms with Crippen molar-refractivity contribution in [2.45, 2.75) is 20.5 Å². The molecule has 2 aromatic heterocycles. The molecule has 3 rings (SSSR count). The number of nitro benzene ring substituents is 1. The molecular formula is C19H17ClN4O5. The van der Waals surface area contributed by atoms with Crippen LogP contribution >= 0.6 is 11.6 Å². The van der Waals surface area contributed by atoms with Gasteiger partial charge in [0.05, 0.1) is 22.7 Å². The molecule has 0 aliphatic carbocycles. The maximum absolute atomic E-state index is 12.6. The topological polar surface area (TPSA) is 109 Å². The summed E-state index contributed by atoms with van der Waals surface area (Å²) in [4.78, 5) is 27.3. The largest absolute Gasteiger partial charge is 0.496 e. The molecule has 0 saturated heterocycles. The zero-order valence-corrected chi connectivity index (χ0v) is 16.6. The molecule has 0 radical (unpaired) electrons. The third kappa shape index (κ3) is 4.35. The predicted octanol–water partition coefficient (Wildman–Crippen LogP) is 3.81. The molecular weight excluding hydrogens is 400 g/mol. The van der Waals surface area contributed by atoms with Crippen LogP contribution in [0.5, 0.6) is 5.75 Å². The van der Waals surface area contributed by atoms with Gasteiger partial charge in [0.25, 0.3) is 5.69 Å². The van der Waals surface area contributed by atoms with Gasteiger partial charge < -0.3 is 9.47 Å². The Morgan fingerprint density at radius 3 is 2.62 bits per heavy atom. The van der Waals surface area contributed by atoms with Gasteiger partial charge in [0.1, 0.15) is 12.4 Å². The van der Waals surface area contributed by atoms with E-state index in [2.05, 4.69) is 10.1 Å². The number of carbonyl (C=O) groups excluding carboxylic acids is 1. The molecule has 150 valence electrons. The van der Waals surface area contributed by atoms with Crippen molar-refractivity contribution in [1.29, 1.82) is 0 Å². The Morgan fingerprint density at radius 1 is 1.24 bits per heavy atom. The highest BCUT2D eigenvalue weighted by molar-refractivity contribution is 6.33. The summed E-state index contributed by atoms with van der Waals surface area (Å²) in [5.74, 6) is 0.00525. The number of carbonyl (C=O) groups is 1. The van der Waals surface area contributed by atoms with Crippen LogP contribution in [0, 0.1) is 24.0 Å². The summed E-state index contributed by atoms with van der Waals surface area (Å²) >= 11 is 6.12. The maximum Gasteiger partial charge on any atom is 0.358 e. The second-order valence-electron chi connectivity index (χ2n) is 6.17. The number of aromatic nitrogens is 3. The first-order valence-electron chi connectivity index (χ1n) is 8.48. The highest BCUT2D eigenvalue weighted by Crippen LogP contribution is 2.25. The van der Waals surface area contributed by atoms with Gasteiger partial charge in [-0.05, 0) is 38.1 Å². The average Bonchev–Trinajstić information content (AvgIpc) is 3.04. The summed E-state index contributed by atoms with van der Waals surface area (Å²) in [6, 6.07) is 9.08. The van der Waals surface area contributed by atoms with Crippen LogP contribution in [0.3, 0.4) is 0 Å². The van der Waals surface area contributed by atoms with Crippen LogP contribution in [0.15, 0.2) is 36.4 Å². The number of hydrogen-bond acceptors (Lipinski definition) is 7. The molecule has 0 fully saturated rings. The van der Waals surface area contributed by atoms with Gasteiger partial charge in [-0.2, -0.15) is 5.10 Å². The zero-order valence-electron chi connectivity index (χ0n) is 15.9. The number of nitro groups is 1.